The summed E-state index contributed by atoms with van der Waals surface area (Å²) in [6, 6.07) is 9.46. The molecule has 1 aromatic carbocycles. The molecule has 2 aliphatic rings. The van der Waals surface area contributed by atoms with Gasteiger partial charge in [-0.1, -0.05) is 40.9 Å². The number of hydrogen-bond donors (Lipinski definition) is 0. The van der Waals surface area contributed by atoms with Crippen LogP contribution in [0.4, 0.5) is 16.0 Å². The van der Waals surface area contributed by atoms with Crippen molar-refractivity contribution in [3.63, 3.8) is 0 Å². The van der Waals surface area contributed by atoms with E-state index in [4.69, 9.17) is 23.2 Å². The molecule has 0 atom stereocenters. The zero-order chi connectivity index (χ0) is 25.2. The molecule has 4 aromatic rings. The Labute approximate surface area is 217 Å². The number of piperazine rings is 1. The van der Waals surface area contributed by atoms with Crippen LogP contribution < -0.4 is 9.80 Å². The summed E-state index contributed by atoms with van der Waals surface area (Å²) in [6.45, 7) is 3.34. The van der Waals surface area contributed by atoms with Gasteiger partial charge in [-0.25, -0.2) is 14.4 Å². The van der Waals surface area contributed by atoms with Crippen molar-refractivity contribution < 1.29 is 12.8 Å². The molecule has 6 rings (SSSR count). The van der Waals surface area contributed by atoms with Crippen LogP contribution in [0, 0.1) is 12.7 Å². The summed E-state index contributed by atoms with van der Waals surface area (Å²) in [5, 5.41) is 5.67. The Balaban J connectivity index is 1.43. The van der Waals surface area contributed by atoms with Crippen LogP contribution in [-0.4, -0.2) is 52.7 Å². The highest BCUT2D eigenvalue weighted by Gasteiger charge is 2.53. The number of nitrogens with zero attached hydrogens (tertiary/aromatic N) is 6. The van der Waals surface area contributed by atoms with Gasteiger partial charge in [0.2, 0.25) is 0 Å². The fraction of sp³-hybridized carbons (Fsp3) is 0.292. The lowest BCUT2D eigenvalue weighted by Crippen LogP contribution is -2.56. The lowest BCUT2D eigenvalue weighted by molar-refractivity contribution is 0.492. The number of hydrogen-bond acceptors (Lipinski definition) is 7. The number of benzene rings is 1. The molecule has 8 nitrogen and oxygen atoms in total. The third-order valence-electron chi connectivity index (χ3n) is 6.84. The Bertz CT molecular complexity index is 1610. The van der Waals surface area contributed by atoms with Crippen molar-refractivity contribution in [2.75, 3.05) is 29.4 Å². The molecule has 1 spiro atoms. The summed E-state index contributed by atoms with van der Waals surface area (Å²) < 4.78 is 42.7. The molecule has 1 aliphatic carbocycles. The standard InChI is InChI=1S/C24H21Cl2FN6O2S/c1-15-2-4-17(5-3-15)36(34,35)33-22-20(18(26)6-9-28-22)23(30-33)32-11-10-31(14-24(32)7-8-24)21-19(27)12-16(25)13-29-21/h2-6,9,12-13H,7-8,10-11,14H2,1H3. The number of fused-ring (bicyclic) bond motifs is 1. The molecule has 1 saturated carbocycles. The summed E-state index contributed by atoms with van der Waals surface area (Å²) >= 11 is 12.5. The van der Waals surface area contributed by atoms with Crippen LogP contribution in [0.1, 0.15) is 18.4 Å². The predicted octanol–water partition coefficient (Wildman–Crippen LogP) is 4.68. The summed E-state index contributed by atoms with van der Waals surface area (Å²) in [7, 11) is -4.02. The Morgan fingerprint density at radius 2 is 1.78 bits per heavy atom. The molecule has 4 heterocycles. The first-order valence-corrected chi connectivity index (χ1v) is 13.6. The summed E-state index contributed by atoms with van der Waals surface area (Å²) in [4.78, 5) is 12.7. The molecule has 0 amide bonds. The lowest BCUT2D eigenvalue weighted by Gasteiger charge is -2.43. The van der Waals surface area contributed by atoms with Gasteiger partial charge in [-0.15, -0.1) is 9.19 Å². The van der Waals surface area contributed by atoms with Gasteiger partial charge < -0.3 is 9.80 Å². The second-order valence-electron chi connectivity index (χ2n) is 9.23. The fourth-order valence-corrected chi connectivity index (χ4v) is 6.43. The van der Waals surface area contributed by atoms with Gasteiger partial charge in [0, 0.05) is 32.0 Å². The van der Waals surface area contributed by atoms with Gasteiger partial charge >= 0.3 is 0 Å². The van der Waals surface area contributed by atoms with Crippen LogP contribution in [0.2, 0.25) is 10.0 Å². The van der Waals surface area contributed by atoms with Crippen LogP contribution in [0.3, 0.4) is 0 Å². The number of rotatable bonds is 4. The Kier molecular flexibility index (Phi) is 5.40. The molecule has 0 N–H and O–H groups in total. The minimum absolute atomic E-state index is 0.112. The van der Waals surface area contributed by atoms with Crippen molar-refractivity contribution in [3.05, 3.63) is 70.2 Å². The number of pyridine rings is 2. The maximum Gasteiger partial charge on any atom is 0.285 e. The van der Waals surface area contributed by atoms with Crippen LogP contribution in [0.5, 0.6) is 0 Å². The van der Waals surface area contributed by atoms with Crippen LogP contribution in [0.25, 0.3) is 11.0 Å². The van der Waals surface area contributed by atoms with E-state index in [1.165, 1.54) is 18.5 Å². The Hall–Kier alpha value is -2.95. The minimum atomic E-state index is -4.02. The summed E-state index contributed by atoms with van der Waals surface area (Å²) in [5.41, 5.74) is 0.772. The van der Waals surface area contributed by atoms with Gasteiger partial charge in [0.05, 0.1) is 25.9 Å². The fourth-order valence-electron chi connectivity index (χ4n) is 4.83. The largest absolute Gasteiger partial charge is 0.350 e. The van der Waals surface area contributed by atoms with Crippen LogP contribution in [0.15, 0.2) is 53.7 Å². The molecule has 186 valence electrons. The van der Waals surface area contributed by atoms with Crippen molar-refractivity contribution in [1.82, 2.24) is 19.2 Å². The van der Waals surface area contributed by atoms with Crippen LogP contribution in [-0.2, 0) is 10.0 Å². The lowest BCUT2D eigenvalue weighted by atomic mass is 10.1. The van der Waals surface area contributed by atoms with Gasteiger partial charge in [-0.05, 0) is 44.0 Å². The van der Waals surface area contributed by atoms with E-state index in [9.17, 15) is 12.8 Å². The molecule has 0 unspecified atom stereocenters. The maximum absolute atomic E-state index is 14.6. The zero-order valence-electron chi connectivity index (χ0n) is 19.2. The zero-order valence-corrected chi connectivity index (χ0v) is 21.5. The highest BCUT2D eigenvalue weighted by atomic mass is 35.5. The first-order valence-electron chi connectivity index (χ1n) is 11.4. The molecule has 0 radical (unpaired) electrons. The quantitative estimate of drug-likeness (QED) is 0.367. The monoisotopic (exact) mass is 546 g/mol. The maximum atomic E-state index is 14.6. The molecule has 2 fully saturated rings. The van der Waals surface area contributed by atoms with E-state index in [1.807, 2.05) is 11.8 Å². The molecule has 36 heavy (non-hydrogen) atoms. The van der Waals surface area contributed by atoms with E-state index >= 15 is 0 Å². The van der Waals surface area contributed by atoms with Crippen molar-refractivity contribution in [1.29, 1.82) is 0 Å². The van der Waals surface area contributed by atoms with E-state index in [-0.39, 0.29) is 26.9 Å². The average Bonchev–Trinajstić information content (AvgIpc) is 3.47. The topological polar surface area (TPSA) is 84.2 Å². The summed E-state index contributed by atoms with van der Waals surface area (Å²) in [6.07, 6.45) is 4.59. The number of aromatic nitrogens is 4. The normalized spacial score (nSPS) is 17.2. The second kappa shape index (κ2) is 8.29. The SMILES string of the molecule is Cc1ccc(S(=O)(=O)n2nc(N3CCN(c4ncc(Cl)cc4F)CC34CC4)c3c(Cl)ccnc32)cc1. The van der Waals surface area contributed by atoms with E-state index < -0.39 is 15.8 Å². The van der Waals surface area contributed by atoms with E-state index in [2.05, 4.69) is 20.0 Å². The third-order valence-corrected chi connectivity index (χ3v) is 8.94. The smallest absolute Gasteiger partial charge is 0.285 e. The predicted molar refractivity (Wildman–Crippen MR) is 137 cm³/mol. The first kappa shape index (κ1) is 23.4. The molecule has 12 heteroatoms. The molecule has 1 aliphatic heterocycles. The third kappa shape index (κ3) is 3.70. The Morgan fingerprint density at radius 1 is 1.03 bits per heavy atom. The van der Waals surface area contributed by atoms with E-state index in [1.54, 1.807) is 30.3 Å². The van der Waals surface area contributed by atoms with Gasteiger partial charge in [-0.3, -0.25) is 0 Å². The van der Waals surface area contributed by atoms with Crippen LogP contribution >= 0.6 is 23.2 Å². The summed E-state index contributed by atoms with van der Waals surface area (Å²) in [5.74, 6) is 0.237. The first-order chi connectivity index (χ1) is 17.2. The molecular weight excluding hydrogens is 526 g/mol. The highest BCUT2D eigenvalue weighted by molar-refractivity contribution is 7.90. The molecule has 0 bridgehead atoms. The van der Waals surface area contributed by atoms with Gasteiger partial charge in [-0.2, -0.15) is 8.42 Å². The minimum Gasteiger partial charge on any atom is -0.350 e. The molecule has 1 saturated heterocycles. The van der Waals surface area contributed by atoms with Gasteiger partial charge in [0.15, 0.2) is 23.1 Å². The number of anilines is 2. The van der Waals surface area contributed by atoms with Crippen molar-refractivity contribution >= 4 is 55.9 Å². The number of aryl methyl sites for hydroxylation is 1. The Morgan fingerprint density at radius 3 is 2.47 bits per heavy atom. The molecule has 3 aromatic heterocycles. The van der Waals surface area contributed by atoms with Crippen molar-refractivity contribution in [2.24, 2.45) is 0 Å². The van der Waals surface area contributed by atoms with Gasteiger partial charge in [0.1, 0.15) is 0 Å². The number of halogens is 3. The second-order valence-corrected chi connectivity index (χ2v) is 11.8. The molecular formula is C24H21Cl2FN6O2S. The van der Waals surface area contributed by atoms with Crippen molar-refractivity contribution in [2.45, 2.75) is 30.2 Å². The van der Waals surface area contributed by atoms with Gasteiger partial charge in [0.25, 0.3) is 10.0 Å². The van der Waals surface area contributed by atoms with Crippen molar-refractivity contribution in [3.8, 4) is 0 Å². The van der Waals surface area contributed by atoms with E-state index in [0.717, 1.165) is 22.5 Å². The average molecular weight is 547 g/mol. The highest BCUT2D eigenvalue weighted by Crippen LogP contribution is 2.49. The van der Waals surface area contributed by atoms with E-state index in [0.29, 0.717) is 35.9 Å².